The Morgan fingerprint density at radius 2 is 2.20 bits per heavy atom. The van der Waals surface area contributed by atoms with Crippen molar-refractivity contribution in [3.8, 4) is 5.75 Å². The molecule has 2 rings (SSSR count). The number of carbonyl (C=O) groups is 1. The minimum Gasteiger partial charge on any atom is -0.497 e. The Kier molecular flexibility index (Phi) is 2.19. The van der Waals surface area contributed by atoms with Gasteiger partial charge in [0, 0.05) is 20.0 Å². The summed E-state index contributed by atoms with van der Waals surface area (Å²) in [5, 5.41) is 0. The number of carbonyl (C=O) groups excluding carboxylic acids is 1. The number of aryl methyl sites for hydroxylation is 1. The number of nitrogens with zero attached hydrogens (tertiary/aromatic N) is 2. The summed E-state index contributed by atoms with van der Waals surface area (Å²) < 4.78 is 6.89. The Bertz CT molecular complexity index is 529. The highest BCUT2D eigenvalue weighted by Gasteiger charge is 2.11. The smallest absolute Gasteiger partial charge is 0.195 e. The van der Waals surface area contributed by atoms with Crippen LogP contribution in [0.1, 0.15) is 17.5 Å². The second-order valence-corrected chi connectivity index (χ2v) is 3.41. The van der Waals surface area contributed by atoms with E-state index in [9.17, 15) is 4.79 Å². The number of benzene rings is 1. The zero-order chi connectivity index (χ0) is 11.0. The zero-order valence-electron chi connectivity index (χ0n) is 8.94. The van der Waals surface area contributed by atoms with E-state index in [0.29, 0.717) is 5.82 Å². The quantitative estimate of drug-likeness (QED) is 0.700. The number of hydrogen-bond acceptors (Lipinski definition) is 3. The molecular formula is C11H12N2O2. The Hall–Kier alpha value is -1.84. The normalized spacial score (nSPS) is 10.6. The summed E-state index contributed by atoms with van der Waals surface area (Å²) in [7, 11) is 3.44. The maximum absolute atomic E-state index is 11.3. The largest absolute Gasteiger partial charge is 0.497 e. The van der Waals surface area contributed by atoms with Crippen LogP contribution in [0.15, 0.2) is 18.2 Å². The zero-order valence-corrected chi connectivity index (χ0v) is 8.94. The molecule has 0 spiro atoms. The summed E-state index contributed by atoms with van der Waals surface area (Å²) in [5.41, 5.74) is 1.71. The summed E-state index contributed by atoms with van der Waals surface area (Å²) in [4.78, 5) is 15.5. The van der Waals surface area contributed by atoms with Crippen molar-refractivity contribution >= 4 is 16.8 Å². The molecule has 78 valence electrons. The second kappa shape index (κ2) is 3.38. The lowest BCUT2D eigenvalue weighted by Crippen LogP contribution is -2.02. The van der Waals surface area contributed by atoms with Crippen molar-refractivity contribution in [3.63, 3.8) is 0 Å². The van der Waals surface area contributed by atoms with E-state index in [4.69, 9.17) is 4.74 Å². The summed E-state index contributed by atoms with van der Waals surface area (Å²) in [6.45, 7) is 1.51. The van der Waals surface area contributed by atoms with E-state index >= 15 is 0 Å². The van der Waals surface area contributed by atoms with Crippen molar-refractivity contribution in [1.29, 1.82) is 0 Å². The van der Waals surface area contributed by atoms with Crippen LogP contribution in [0, 0.1) is 0 Å². The van der Waals surface area contributed by atoms with E-state index in [1.807, 2.05) is 25.2 Å². The summed E-state index contributed by atoms with van der Waals surface area (Å²) in [5.74, 6) is 1.18. The molecular weight excluding hydrogens is 192 g/mol. The number of imidazole rings is 1. The molecule has 0 bridgehead atoms. The van der Waals surface area contributed by atoms with Gasteiger partial charge in [0.1, 0.15) is 5.75 Å². The Balaban J connectivity index is 2.70. The van der Waals surface area contributed by atoms with Crippen molar-refractivity contribution in [3.05, 3.63) is 24.0 Å². The molecule has 0 N–H and O–H groups in total. The molecule has 1 aromatic heterocycles. The molecule has 0 atom stereocenters. The van der Waals surface area contributed by atoms with Crippen molar-refractivity contribution in [2.75, 3.05) is 7.11 Å². The summed E-state index contributed by atoms with van der Waals surface area (Å²) in [6.07, 6.45) is 0. The highest BCUT2D eigenvalue weighted by atomic mass is 16.5. The standard InChI is InChI=1S/C11H12N2O2/c1-7(14)11-12-9-6-8(15-3)4-5-10(9)13(11)2/h4-6H,1-3H3. The predicted molar refractivity (Wildman–Crippen MR) is 57.3 cm³/mol. The molecule has 2 aromatic rings. The fourth-order valence-electron chi connectivity index (χ4n) is 1.62. The first-order valence-corrected chi connectivity index (χ1v) is 4.65. The molecule has 1 aromatic carbocycles. The van der Waals surface area contributed by atoms with Crippen LogP contribution in [0.2, 0.25) is 0 Å². The Morgan fingerprint density at radius 3 is 2.80 bits per heavy atom. The number of Topliss-reactive ketones (excluding diaryl/α,β-unsaturated/α-hetero) is 1. The van der Waals surface area contributed by atoms with Crippen molar-refractivity contribution in [2.24, 2.45) is 7.05 Å². The molecule has 4 nitrogen and oxygen atoms in total. The van der Waals surface area contributed by atoms with Gasteiger partial charge in [-0.25, -0.2) is 4.98 Å². The van der Waals surface area contributed by atoms with Crippen molar-refractivity contribution < 1.29 is 9.53 Å². The number of hydrogen-bond donors (Lipinski definition) is 0. The second-order valence-electron chi connectivity index (χ2n) is 3.41. The van der Waals surface area contributed by atoms with Gasteiger partial charge in [-0.1, -0.05) is 0 Å². The maximum Gasteiger partial charge on any atom is 0.195 e. The van der Waals surface area contributed by atoms with Gasteiger partial charge in [0.2, 0.25) is 0 Å². The van der Waals surface area contributed by atoms with E-state index in [1.165, 1.54) is 6.92 Å². The van der Waals surface area contributed by atoms with Gasteiger partial charge in [0.25, 0.3) is 0 Å². The number of fused-ring (bicyclic) bond motifs is 1. The lowest BCUT2D eigenvalue weighted by Gasteiger charge is -1.99. The van der Waals surface area contributed by atoms with E-state index in [-0.39, 0.29) is 5.78 Å². The molecule has 0 aliphatic carbocycles. The molecule has 0 fully saturated rings. The highest BCUT2D eigenvalue weighted by Crippen LogP contribution is 2.20. The van der Waals surface area contributed by atoms with Crippen LogP contribution in [-0.4, -0.2) is 22.4 Å². The van der Waals surface area contributed by atoms with Gasteiger partial charge in [-0.3, -0.25) is 4.79 Å². The number of rotatable bonds is 2. The first kappa shape index (κ1) is 9.71. The van der Waals surface area contributed by atoms with E-state index in [1.54, 1.807) is 11.7 Å². The van der Waals surface area contributed by atoms with Gasteiger partial charge in [-0.05, 0) is 12.1 Å². The van der Waals surface area contributed by atoms with E-state index in [0.717, 1.165) is 16.8 Å². The van der Waals surface area contributed by atoms with Crippen LogP contribution in [-0.2, 0) is 7.05 Å². The number of methoxy groups -OCH3 is 1. The van der Waals surface area contributed by atoms with Gasteiger partial charge < -0.3 is 9.30 Å². The van der Waals surface area contributed by atoms with Crippen LogP contribution >= 0.6 is 0 Å². The van der Waals surface area contributed by atoms with Gasteiger partial charge in [0.15, 0.2) is 11.6 Å². The lowest BCUT2D eigenvalue weighted by atomic mass is 10.3. The number of ketones is 1. The Labute approximate surface area is 87.5 Å². The molecule has 15 heavy (non-hydrogen) atoms. The minimum atomic E-state index is -0.0346. The van der Waals surface area contributed by atoms with Crippen molar-refractivity contribution in [2.45, 2.75) is 6.92 Å². The SMILES string of the molecule is COc1ccc2c(c1)nc(C(C)=O)n2C. The third-order valence-corrected chi connectivity index (χ3v) is 2.40. The molecule has 0 saturated carbocycles. The van der Waals surface area contributed by atoms with Crippen molar-refractivity contribution in [1.82, 2.24) is 9.55 Å². The third-order valence-electron chi connectivity index (χ3n) is 2.40. The van der Waals surface area contributed by atoms with E-state index < -0.39 is 0 Å². The van der Waals surface area contributed by atoms with Crippen LogP contribution in [0.3, 0.4) is 0 Å². The topological polar surface area (TPSA) is 44.1 Å². The molecule has 0 saturated heterocycles. The third kappa shape index (κ3) is 1.48. The van der Waals surface area contributed by atoms with Crippen LogP contribution < -0.4 is 4.74 Å². The van der Waals surface area contributed by atoms with Crippen LogP contribution in [0.4, 0.5) is 0 Å². The lowest BCUT2D eigenvalue weighted by molar-refractivity contribution is 0.100. The maximum atomic E-state index is 11.3. The monoisotopic (exact) mass is 204 g/mol. The number of ether oxygens (including phenoxy) is 1. The Morgan fingerprint density at radius 1 is 1.47 bits per heavy atom. The van der Waals surface area contributed by atoms with Gasteiger partial charge in [-0.2, -0.15) is 0 Å². The fourth-order valence-corrected chi connectivity index (χ4v) is 1.62. The fraction of sp³-hybridized carbons (Fsp3) is 0.273. The molecule has 0 aliphatic heterocycles. The summed E-state index contributed by atoms with van der Waals surface area (Å²) in [6, 6.07) is 5.57. The molecule has 0 aliphatic rings. The predicted octanol–water partition coefficient (Wildman–Crippen LogP) is 1.78. The molecule has 0 radical (unpaired) electrons. The van der Waals surface area contributed by atoms with Gasteiger partial charge in [0.05, 0.1) is 18.1 Å². The first-order chi connectivity index (χ1) is 7.13. The molecule has 4 heteroatoms. The summed E-state index contributed by atoms with van der Waals surface area (Å²) >= 11 is 0. The first-order valence-electron chi connectivity index (χ1n) is 4.65. The highest BCUT2D eigenvalue weighted by molar-refractivity contribution is 5.94. The molecule has 0 amide bonds. The minimum absolute atomic E-state index is 0.0346. The van der Waals surface area contributed by atoms with Crippen LogP contribution in [0.25, 0.3) is 11.0 Å². The van der Waals surface area contributed by atoms with Crippen LogP contribution in [0.5, 0.6) is 5.75 Å². The molecule has 0 unspecified atom stereocenters. The molecule has 1 heterocycles. The average Bonchev–Trinajstić information content (AvgIpc) is 2.55. The van der Waals surface area contributed by atoms with Gasteiger partial charge in [-0.15, -0.1) is 0 Å². The average molecular weight is 204 g/mol. The number of aromatic nitrogens is 2. The van der Waals surface area contributed by atoms with E-state index in [2.05, 4.69) is 4.98 Å². The van der Waals surface area contributed by atoms with Gasteiger partial charge >= 0.3 is 0 Å².